The molecule has 1 saturated heterocycles. The van der Waals surface area contributed by atoms with Crippen molar-refractivity contribution in [1.82, 2.24) is 4.90 Å². The van der Waals surface area contributed by atoms with E-state index in [0.29, 0.717) is 25.1 Å². The minimum Gasteiger partial charge on any atom is -0.339 e. The first-order valence-electron chi connectivity index (χ1n) is 6.69. The number of halogens is 1. The third-order valence-electron chi connectivity index (χ3n) is 3.68. The third kappa shape index (κ3) is 3.19. The van der Waals surface area contributed by atoms with Crippen molar-refractivity contribution in [3.63, 3.8) is 0 Å². The lowest BCUT2D eigenvalue weighted by molar-refractivity contribution is -0.123. The molecular weight excluding hydrogens is 245 g/mol. The van der Waals surface area contributed by atoms with Gasteiger partial charge in [0.15, 0.2) is 0 Å². The average Bonchev–Trinajstić information content (AvgIpc) is 2.46. The Bertz CT molecular complexity index is 462. The van der Waals surface area contributed by atoms with Gasteiger partial charge < -0.3 is 4.90 Å². The van der Waals surface area contributed by atoms with Gasteiger partial charge in [-0.15, -0.1) is 0 Å². The van der Waals surface area contributed by atoms with Crippen molar-refractivity contribution in [2.45, 2.75) is 26.2 Å². The lowest BCUT2D eigenvalue weighted by Gasteiger charge is -2.31. The van der Waals surface area contributed by atoms with Crippen LogP contribution in [-0.2, 0) is 4.79 Å². The molecule has 0 radical (unpaired) electrons. The minimum absolute atomic E-state index is 0.0811. The average molecular weight is 263 g/mol. The number of piperidine rings is 1. The fraction of sp³-hybridized carbons (Fsp3) is 0.467. The normalized spacial score (nSPS) is 16.4. The Balaban J connectivity index is 1.96. The number of benzene rings is 1. The predicted octanol–water partition coefficient (Wildman–Crippen LogP) is 2.66. The van der Waals surface area contributed by atoms with Crippen LogP contribution in [0, 0.1) is 11.7 Å². The Morgan fingerprint density at radius 3 is 2.32 bits per heavy atom. The van der Waals surface area contributed by atoms with Crippen molar-refractivity contribution in [2.24, 2.45) is 5.92 Å². The topological polar surface area (TPSA) is 37.4 Å². The molecule has 1 aliphatic rings. The zero-order valence-corrected chi connectivity index (χ0v) is 11.1. The second kappa shape index (κ2) is 5.95. The monoisotopic (exact) mass is 263 g/mol. The molecule has 102 valence electrons. The van der Waals surface area contributed by atoms with Crippen LogP contribution in [0.4, 0.5) is 4.39 Å². The SMILES string of the molecule is CCC(=O)C1CCN(C(=O)c2ccc(F)cc2)CC1. The highest BCUT2D eigenvalue weighted by atomic mass is 19.1. The molecule has 3 nitrogen and oxygen atoms in total. The molecule has 0 atom stereocenters. The van der Waals surface area contributed by atoms with Crippen molar-refractivity contribution in [3.8, 4) is 0 Å². The number of rotatable bonds is 3. The number of ketones is 1. The van der Waals surface area contributed by atoms with Crippen LogP contribution < -0.4 is 0 Å². The van der Waals surface area contributed by atoms with Gasteiger partial charge in [-0.3, -0.25) is 9.59 Å². The van der Waals surface area contributed by atoms with Crippen molar-refractivity contribution in [3.05, 3.63) is 35.6 Å². The molecule has 0 spiro atoms. The zero-order valence-electron chi connectivity index (χ0n) is 11.1. The standard InChI is InChI=1S/C15H18FNO2/c1-2-14(18)11-7-9-17(10-8-11)15(19)12-3-5-13(16)6-4-12/h3-6,11H,2,7-10H2,1H3. The molecule has 1 fully saturated rings. The highest BCUT2D eigenvalue weighted by molar-refractivity contribution is 5.94. The molecule has 1 heterocycles. The minimum atomic E-state index is -0.344. The van der Waals surface area contributed by atoms with E-state index in [1.165, 1.54) is 24.3 Å². The number of hydrogen-bond acceptors (Lipinski definition) is 2. The molecule has 0 N–H and O–H groups in total. The molecule has 0 saturated carbocycles. The number of Topliss-reactive ketones (excluding diaryl/α,β-unsaturated/α-hetero) is 1. The Morgan fingerprint density at radius 1 is 1.21 bits per heavy atom. The van der Waals surface area contributed by atoms with Gasteiger partial charge in [-0.1, -0.05) is 6.92 Å². The van der Waals surface area contributed by atoms with Gasteiger partial charge in [0.05, 0.1) is 0 Å². The van der Waals surface area contributed by atoms with Crippen molar-refractivity contribution in [2.75, 3.05) is 13.1 Å². The number of carbonyl (C=O) groups excluding carboxylic acids is 2. The van der Waals surface area contributed by atoms with Crippen LogP contribution in [0.25, 0.3) is 0 Å². The zero-order chi connectivity index (χ0) is 13.8. The maximum Gasteiger partial charge on any atom is 0.253 e. The number of carbonyl (C=O) groups is 2. The fourth-order valence-corrected chi connectivity index (χ4v) is 2.47. The molecule has 1 amide bonds. The van der Waals surface area contributed by atoms with E-state index < -0.39 is 0 Å². The number of amides is 1. The largest absolute Gasteiger partial charge is 0.339 e. The van der Waals surface area contributed by atoms with E-state index in [1.807, 2.05) is 6.92 Å². The van der Waals surface area contributed by atoms with Gasteiger partial charge in [0.25, 0.3) is 5.91 Å². The van der Waals surface area contributed by atoms with Gasteiger partial charge in [0.1, 0.15) is 11.6 Å². The summed E-state index contributed by atoms with van der Waals surface area (Å²) in [7, 11) is 0. The molecule has 2 rings (SSSR count). The summed E-state index contributed by atoms with van der Waals surface area (Å²) in [5, 5.41) is 0. The molecule has 0 aromatic heterocycles. The third-order valence-corrected chi connectivity index (χ3v) is 3.68. The lowest BCUT2D eigenvalue weighted by Crippen LogP contribution is -2.40. The second-order valence-corrected chi connectivity index (χ2v) is 4.89. The van der Waals surface area contributed by atoms with Crippen LogP contribution in [-0.4, -0.2) is 29.7 Å². The smallest absolute Gasteiger partial charge is 0.253 e. The lowest BCUT2D eigenvalue weighted by atomic mass is 9.91. The fourth-order valence-electron chi connectivity index (χ4n) is 2.47. The molecular formula is C15H18FNO2. The van der Waals surface area contributed by atoms with E-state index in [0.717, 1.165) is 12.8 Å². The summed E-state index contributed by atoms with van der Waals surface area (Å²) in [6.07, 6.45) is 2.04. The second-order valence-electron chi connectivity index (χ2n) is 4.89. The number of hydrogen-bond donors (Lipinski definition) is 0. The van der Waals surface area contributed by atoms with Gasteiger partial charge in [0.2, 0.25) is 0 Å². The van der Waals surface area contributed by atoms with Crippen molar-refractivity contribution >= 4 is 11.7 Å². The van der Waals surface area contributed by atoms with Crippen LogP contribution in [0.2, 0.25) is 0 Å². The summed E-state index contributed by atoms with van der Waals surface area (Å²) >= 11 is 0. The Labute approximate surface area is 112 Å². The van der Waals surface area contributed by atoms with E-state index in [9.17, 15) is 14.0 Å². The van der Waals surface area contributed by atoms with Crippen LogP contribution in [0.15, 0.2) is 24.3 Å². The summed E-state index contributed by atoms with van der Waals surface area (Å²) < 4.78 is 12.8. The molecule has 1 aromatic rings. The quantitative estimate of drug-likeness (QED) is 0.840. The molecule has 0 unspecified atom stereocenters. The Hall–Kier alpha value is -1.71. The molecule has 0 bridgehead atoms. The van der Waals surface area contributed by atoms with Crippen LogP contribution in [0.5, 0.6) is 0 Å². The van der Waals surface area contributed by atoms with Gasteiger partial charge in [-0.05, 0) is 37.1 Å². The predicted molar refractivity (Wildman–Crippen MR) is 70.3 cm³/mol. The van der Waals surface area contributed by atoms with Crippen LogP contribution in [0.3, 0.4) is 0 Å². The summed E-state index contributed by atoms with van der Waals surface area (Å²) in [6, 6.07) is 5.59. The van der Waals surface area contributed by atoms with Gasteiger partial charge in [-0.2, -0.15) is 0 Å². The highest BCUT2D eigenvalue weighted by Crippen LogP contribution is 2.21. The molecule has 1 aromatic carbocycles. The van der Waals surface area contributed by atoms with Gasteiger partial charge in [0, 0.05) is 31.0 Å². The molecule has 4 heteroatoms. The van der Waals surface area contributed by atoms with E-state index in [4.69, 9.17) is 0 Å². The maximum absolute atomic E-state index is 12.8. The van der Waals surface area contributed by atoms with E-state index in [1.54, 1.807) is 4.90 Å². The Kier molecular flexibility index (Phi) is 4.30. The summed E-state index contributed by atoms with van der Waals surface area (Å²) in [4.78, 5) is 25.5. The molecule has 1 aliphatic heterocycles. The van der Waals surface area contributed by atoms with Gasteiger partial charge in [-0.25, -0.2) is 4.39 Å². The van der Waals surface area contributed by atoms with E-state index in [2.05, 4.69) is 0 Å². The van der Waals surface area contributed by atoms with E-state index >= 15 is 0 Å². The first kappa shape index (κ1) is 13.7. The summed E-state index contributed by atoms with van der Waals surface area (Å²) in [6.45, 7) is 3.08. The van der Waals surface area contributed by atoms with Gasteiger partial charge >= 0.3 is 0 Å². The maximum atomic E-state index is 12.8. The van der Waals surface area contributed by atoms with E-state index in [-0.39, 0.29) is 23.4 Å². The number of nitrogens with zero attached hydrogens (tertiary/aromatic N) is 1. The summed E-state index contributed by atoms with van der Waals surface area (Å²) in [5.41, 5.74) is 0.502. The Morgan fingerprint density at radius 2 is 1.79 bits per heavy atom. The first-order valence-corrected chi connectivity index (χ1v) is 6.69. The molecule has 19 heavy (non-hydrogen) atoms. The first-order chi connectivity index (χ1) is 9.11. The number of likely N-dealkylation sites (tertiary alicyclic amines) is 1. The molecule has 0 aliphatic carbocycles. The highest BCUT2D eigenvalue weighted by Gasteiger charge is 2.26. The van der Waals surface area contributed by atoms with Crippen molar-refractivity contribution in [1.29, 1.82) is 0 Å². The van der Waals surface area contributed by atoms with Crippen LogP contribution >= 0.6 is 0 Å². The van der Waals surface area contributed by atoms with Crippen molar-refractivity contribution < 1.29 is 14.0 Å². The summed E-state index contributed by atoms with van der Waals surface area (Å²) in [5.74, 6) is -0.0395. The van der Waals surface area contributed by atoms with Crippen LogP contribution in [0.1, 0.15) is 36.5 Å².